The van der Waals surface area contributed by atoms with E-state index in [1.807, 2.05) is 83.1 Å². The van der Waals surface area contributed by atoms with Crippen molar-refractivity contribution in [1.82, 2.24) is 0 Å². The summed E-state index contributed by atoms with van der Waals surface area (Å²) in [5.41, 5.74) is 1.12. The number of hydrogen-bond acceptors (Lipinski definition) is 5. The molecule has 0 aliphatic carbocycles. The topological polar surface area (TPSA) is 46.2 Å². The highest BCUT2D eigenvalue weighted by atomic mass is 28.4. The molecule has 0 aromatic heterocycles. The molecule has 5 nitrogen and oxygen atoms in total. The smallest absolute Gasteiger partial charge is 0.370 e. The molecule has 0 bridgehead atoms. The van der Waals surface area contributed by atoms with Crippen LogP contribution < -0.4 is 5.19 Å². The van der Waals surface area contributed by atoms with Gasteiger partial charge in [-0.2, -0.15) is 0 Å². The van der Waals surface area contributed by atoms with Crippen molar-refractivity contribution >= 4 is 14.0 Å². The highest BCUT2D eigenvalue weighted by Gasteiger charge is 2.47. The normalized spacial score (nSPS) is 14.1. The molecular weight excluding hydrogens is 396 g/mol. The van der Waals surface area contributed by atoms with Crippen molar-refractivity contribution in [2.75, 3.05) is 26.4 Å². The summed E-state index contributed by atoms with van der Waals surface area (Å²) < 4.78 is 31.4. The van der Waals surface area contributed by atoms with Crippen LogP contribution in [0, 0.1) is 0 Å². The molecule has 30 heavy (non-hydrogen) atoms. The highest BCUT2D eigenvalue weighted by Crippen LogP contribution is 2.25. The Morgan fingerprint density at radius 3 is 1.83 bits per heavy atom. The van der Waals surface area contributed by atoms with E-state index in [1.165, 1.54) is 0 Å². The molecule has 1 unspecified atom stereocenters. The van der Waals surface area contributed by atoms with Gasteiger partial charge in [0.2, 0.25) is 0 Å². The molecule has 1 atom stereocenters. The van der Waals surface area contributed by atoms with Crippen molar-refractivity contribution in [2.45, 2.75) is 52.9 Å². The Morgan fingerprint density at radius 1 is 0.767 bits per heavy atom. The molecule has 0 heterocycles. The van der Waals surface area contributed by atoms with Crippen molar-refractivity contribution in [1.29, 1.82) is 0 Å². The summed E-state index contributed by atoms with van der Waals surface area (Å²) in [6.45, 7) is 11.6. The zero-order valence-electron chi connectivity index (χ0n) is 18.9. The van der Waals surface area contributed by atoms with Crippen molar-refractivity contribution in [3.8, 4) is 0 Å². The van der Waals surface area contributed by atoms with Gasteiger partial charge in [0.1, 0.15) is 0 Å². The Hall–Kier alpha value is -1.54. The van der Waals surface area contributed by atoms with Gasteiger partial charge in [-0.3, -0.25) is 0 Å². The van der Waals surface area contributed by atoms with Crippen LogP contribution in [0.4, 0.5) is 0 Å². The van der Waals surface area contributed by atoms with E-state index >= 15 is 0 Å². The monoisotopic (exact) mass is 432 g/mol. The highest BCUT2D eigenvalue weighted by molar-refractivity contribution is 6.75. The van der Waals surface area contributed by atoms with Gasteiger partial charge in [-0.15, -0.1) is 0 Å². The summed E-state index contributed by atoms with van der Waals surface area (Å²) in [6.07, 6.45) is 0.535. The minimum atomic E-state index is -3.14. The average molecular weight is 433 g/mol. The molecule has 2 aromatic carbocycles. The maximum absolute atomic E-state index is 6.53. The second-order valence-electron chi connectivity index (χ2n) is 7.25. The molecule has 6 heteroatoms. The lowest BCUT2D eigenvalue weighted by Crippen LogP contribution is -2.60. The number of rotatable bonds is 14. The Bertz CT molecular complexity index is 704. The molecule has 0 spiro atoms. The van der Waals surface area contributed by atoms with E-state index in [9.17, 15) is 0 Å². The van der Waals surface area contributed by atoms with E-state index < -0.39 is 14.6 Å². The summed E-state index contributed by atoms with van der Waals surface area (Å²) in [4.78, 5) is 0. The summed E-state index contributed by atoms with van der Waals surface area (Å²) in [5.74, 6) is -0.939. The zero-order valence-corrected chi connectivity index (χ0v) is 19.9. The van der Waals surface area contributed by atoms with Crippen LogP contribution in [0.1, 0.15) is 40.2 Å². The lowest BCUT2D eigenvalue weighted by molar-refractivity contribution is -0.267. The van der Waals surface area contributed by atoms with E-state index in [-0.39, 0.29) is 12.7 Å². The Kier molecular flexibility index (Phi) is 10.2. The molecule has 2 aromatic rings. The van der Waals surface area contributed by atoms with Gasteiger partial charge in [0.25, 0.3) is 0 Å². The standard InChI is InChI=1S/C24H36O5Si/c1-6-25-24(29-21(4)5,19-22-15-11-9-12-16-22)20-28-30(26-7-2,27-8-3)23-17-13-10-14-18-23/h9-18,21H,6-8,19-20H2,1-5H3. The predicted molar refractivity (Wildman–Crippen MR) is 122 cm³/mol. The summed E-state index contributed by atoms with van der Waals surface area (Å²) in [5, 5.41) is 0.934. The average Bonchev–Trinajstić information content (AvgIpc) is 2.73. The molecule has 0 N–H and O–H groups in total. The van der Waals surface area contributed by atoms with Gasteiger partial charge in [-0.05, 0) is 40.2 Å². The van der Waals surface area contributed by atoms with Gasteiger partial charge >= 0.3 is 8.80 Å². The van der Waals surface area contributed by atoms with Crippen LogP contribution in [0.2, 0.25) is 0 Å². The van der Waals surface area contributed by atoms with Gasteiger partial charge in [-0.1, -0.05) is 60.7 Å². The van der Waals surface area contributed by atoms with E-state index in [0.29, 0.717) is 26.2 Å². The van der Waals surface area contributed by atoms with Crippen LogP contribution >= 0.6 is 0 Å². The largest absolute Gasteiger partial charge is 0.537 e. The fourth-order valence-electron chi connectivity index (χ4n) is 3.46. The minimum Gasteiger partial charge on any atom is -0.370 e. The van der Waals surface area contributed by atoms with Crippen LogP contribution in [0.15, 0.2) is 60.7 Å². The lowest BCUT2D eigenvalue weighted by atomic mass is 10.1. The zero-order chi connectivity index (χ0) is 21.9. The third-order valence-electron chi connectivity index (χ3n) is 4.45. The van der Waals surface area contributed by atoms with Crippen LogP contribution in [-0.2, 0) is 29.2 Å². The van der Waals surface area contributed by atoms with Crippen molar-refractivity contribution in [3.63, 3.8) is 0 Å². The Labute approximate surface area is 182 Å². The third kappa shape index (κ3) is 7.01. The summed E-state index contributed by atoms with van der Waals surface area (Å²) >= 11 is 0. The van der Waals surface area contributed by atoms with Gasteiger partial charge in [-0.25, -0.2) is 0 Å². The molecule has 0 amide bonds. The lowest BCUT2D eigenvalue weighted by Gasteiger charge is -2.38. The molecule has 0 saturated carbocycles. The van der Waals surface area contributed by atoms with Crippen molar-refractivity contribution in [3.05, 3.63) is 66.2 Å². The van der Waals surface area contributed by atoms with E-state index in [4.69, 9.17) is 22.8 Å². The molecule has 0 aliphatic rings. The molecule has 0 fully saturated rings. The summed E-state index contributed by atoms with van der Waals surface area (Å²) in [7, 11) is -3.14. The van der Waals surface area contributed by atoms with E-state index in [1.54, 1.807) is 0 Å². The Balaban J connectivity index is 2.37. The third-order valence-corrected chi connectivity index (χ3v) is 7.35. The fourth-order valence-corrected chi connectivity index (χ4v) is 5.98. The molecule has 2 rings (SSSR count). The molecule has 0 aliphatic heterocycles. The van der Waals surface area contributed by atoms with E-state index in [0.717, 1.165) is 10.8 Å². The van der Waals surface area contributed by atoms with Gasteiger partial charge < -0.3 is 22.8 Å². The second-order valence-corrected chi connectivity index (χ2v) is 9.81. The predicted octanol–water partition coefficient (Wildman–Crippen LogP) is 4.32. The van der Waals surface area contributed by atoms with E-state index in [2.05, 4.69) is 12.1 Å². The fraction of sp³-hybridized carbons (Fsp3) is 0.500. The maximum Gasteiger partial charge on any atom is 0.537 e. The van der Waals surface area contributed by atoms with Crippen LogP contribution in [-0.4, -0.2) is 47.1 Å². The first-order valence-corrected chi connectivity index (χ1v) is 12.5. The molecule has 166 valence electrons. The number of ether oxygens (including phenoxy) is 2. The molecule has 0 saturated heterocycles. The Morgan fingerprint density at radius 2 is 1.33 bits per heavy atom. The minimum absolute atomic E-state index is 0.0316. The second kappa shape index (κ2) is 12.3. The molecule has 0 radical (unpaired) electrons. The SMILES string of the molecule is CCOC(CO[Si](OCC)(OCC)c1ccccc1)(Cc1ccccc1)OC(C)C. The van der Waals surface area contributed by atoms with Crippen molar-refractivity contribution in [2.24, 2.45) is 0 Å². The van der Waals surface area contributed by atoms with Gasteiger partial charge in [0, 0.05) is 31.4 Å². The van der Waals surface area contributed by atoms with Gasteiger partial charge in [0.05, 0.1) is 12.7 Å². The molecular formula is C24H36O5Si. The van der Waals surface area contributed by atoms with Gasteiger partial charge in [0.15, 0.2) is 5.79 Å². The maximum atomic E-state index is 6.53. The van der Waals surface area contributed by atoms with Crippen LogP contribution in [0.5, 0.6) is 0 Å². The quantitative estimate of drug-likeness (QED) is 0.329. The number of benzene rings is 2. The first-order valence-electron chi connectivity index (χ1n) is 10.8. The number of hydrogen-bond donors (Lipinski definition) is 0. The van der Waals surface area contributed by atoms with Crippen molar-refractivity contribution < 1.29 is 22.8 Å². The van der Waals surface area contributed by atoms with Crippen LogP contribution in [0.3, 0.4) is 0 Å². The first kappa shape index (κ1) is 24.7. The first-order chi connectivity index (χ1) is 14.5. The summed E-state index contributed by atoms with van der Waals surface area (Å²) in [6, 6.07) is 20.1. The van der Waals surface area contributed by atoms with Crippen LogP contribution in [0.25, 0.3) is 0 Å².